The van der Waals surface area contributed by atoms with Crippen LogP contribution in [0.5, 0.6) is 5.75 Å². The van der Waals surface area contributed by atoms with Gasteiger partial charge in [0.2, 0.25) is 0 Å². The number of benzene rings is 1. The average Bonchev–Trinajstić information content (AvgIpc) is 2.84. The summed E-state index contributed by atoms with van der Waals surface area (Å²) in [6, 6.07) is 6.48. The smallest absolute Gasteiger partial charge is 0.121 e. The molecule has 0 aromatic heterocycles. The molecule has 3 nitrogen and oxygen atoms in total. The average molecular weight is 276 g/mol. The van der Waals surface area contributed by atoms with Crippen molar-refractivity contribution in [1.29, 1.82) is 0 Å². The quantitative estimate of drug-likeness (QED) is 0.914. The van der Waals surface area contributed by atoms with Crippen molar-refractivity contribution < 1.29 is 4.74 Å². The van der Waals surface area contributed by atoms with Gasteiger partial charge in [0.25, 0.3) is 0 Å². The largest absolute Gasteiger partial charge is 0.496 e. The lowest BCUT2D eigenvalue weighted by Gasteiger charge is -2.24. The first kappa shape index (κ1) is 15.2. The van der Waals surface area contributed by atoms with Crippen molar-refractivity contribution in [3.8, 4) is 5.75 Å². The van der Waals surface area contributed by atoms with E-state index in [0.29, 0.717) is 0 Å². The summed E-state index contributed by atoms with van der Waals surface area (Å²) < 4.78 is 5.33. The highest BCUT2D eigenvalue weighted by Crippen LogP contribution is 2.28. The summed E-state index contributed by atoms with van der Waals surface area (Å²) in [5.74, 6) is 1.72. The number of nitrogens with zero attached hydrogens (tertiary/aromatic N) is 1. The van der Waals surface area contributed by atoms with Crippen molar-refractivity contribution in [2.75, 3.05) is 31.6 Å². The highest BCUT2D eigenvalue weighted by Gasteiger charge is 2.24. The highest BCUT2D eigenvalue weighted by atomic mass is 16.5. The third kappa shape index (κ3) is 3.89. The van der Waals surface area contributed by atoms with Gasteiger partial charge < -0.3 is 15.0 Å². The second-order valence-electron chi connectivity index (χ2n) is 6.89. The van der Waals surface area contributed by atoms with Crippen molar-refractivity contribution in [1.82, 2.24) is 5.32 Å². The van der Waals surface area contributed by atoms with E-state index in [1.807, 2.05) is 0 Å². The highest BCUT2D eigenvalue weighted by molar-refractivity contribution is 5.53. The minimum absolute atomic E-state index is 0.212. The van der Waals surface area contributed by atoms with Crippen molar-refractivity contribution in [2.45, 2.75) is 39.7 Å². The number of hydrogen-bond donors (Lipinski definition) is 1. The van der Waals surface area contributed by atoms with Crippen LogP contribution >= 0.6 is 0 Å². The van der Waals surface area contributed by atoms with Gasteiger partial charge in [-0.3, -0.25) is 0 Å². The zero-order valence-corrected chi connectivity index (χ0v) is 13.5. The Balaban J connectivity index is 1.94. The maximum Gasteiger partial charge on any atom is 0.121 e. The number of aryl methyl sites for hydroxylation is 1. The van der Waals surface area contributed by atoms with Gasteiger partial charge in [-0.1, -0.05) is 0 Å². The summed E-state index contributed by atoms with van der Waals surface area (Å²) in [5, 5.41) is 3.62. The Labute approximate surface area is 123 Å². The normalized spacial score (nSPS) is 19.4. The topological polar surface area (TPSA) is 24.5 Å². The molecule has 0 spiro atoms. The minimum Gasteiger partial charge on any atom is -0.496 e. The summed E-state index contributed by atoms with van der Waals surface area (Å²) in [4.78, 5) is 2.49. The van der Waals surface area contributed by atoms with Crippen molar-refractivity contribution in [3.05, 3.63) is 23.8 Å². The molecule has 1 aliphatic heterocycles. The van der Waals surface area contributed by atoms with Crippen LogP contribution in [0.15, 0.2) is 18.2 Å². The number of hydrogen-bond acceptors (Lipinski definition) is 3. The third-order valence-corrected chi connectivity index (χ3v) is 3.95. The maximum absolute atomic E-state index is 5.33. The van der Waals surface area contributed by atoms with Gasteiger partial charge in [0.15, 0.2) is 0 Å². The molecular weight excluding hydrogens is 248 g/mol. The van der Waals surface area contributed by atoms with Crippen LogP contribution in [-0.2, 0) is 0 Å². The summed E-state index contributed by atoms with van der Waals surface area (Å²) in [6.07, 6.45) is 1.27. The van der Waals surface area contributed by atoms with Crippen molar-refractivity contribution in [3.63, 3.8) is 0 Å². The first-order chi connectivity index (χ1) is 9.39. The Kier molecular flexibility index (Phi) is 4.59. The molecule has 1 unspecified atom stereocenters. The van der Waals surface area contributed by atoms with E-state index in [1.165, 1.54) is 17.7 Å². The molecule has 0 radical (unpaired) electrons. The molecule has 1 heterocycles. The maximum atomic E-state index is 5.33. The number of ether oxygens (including phenoxy) is 1. The molecule has 1 aromatic rings. The minimum atomic E-state index is 0.212. The van der Waals surface area contributed by atoms with Crippen LogP contribution in [0.25, 0.3) is 0 Å². The Hall–Kier alpha value is -1.22. The molecule has 2 rings (SSSR count). The van der Waals surface area contributed by atoms with Gasteiger partial charge in [0.1, 0.15) is 5.75 Å². The second-order valence-corrected chi connectivity index (χ2v) is 6.89. The molecule has 0 bridgehead atoms. The van der Waals surface area contributed by atoms with E-state index in [0.717, 1.165) is 31.3 Å². The van der Waals surface area contributed by atoms with Gasteiger partial charge in [-0.05, 0) is 63.8 Å². The molecule has 3 heteroatoms. The van der Waals surface area contributed by atoms with Gasteiger partial charge in [0, 0.05) is 30.9 Å². The fraction of sp³-hybridized carbons (Fsp3) is 0.647. The second kappa shape index (κ2) is 6.04. The summed E-state index contributed by atoms with van der Waals surface area (Å²) in [6.45, 7) is 12.2. The molecule has 0 saturated carbocycles. The SMILES string of the molecule is COc1ccc(N2CCC(CNC(C)(C)C)C2)cc1C. The zero-order valence-electron chi connectivity index (χ0n) is 13.5. The third-order valence-electron chi connectivity index (χ3n) is 3.95. The standard InChI is InChI=1S/C17H28N2O/c1-13-10-15(6-7-16(13)20-5)19-9-8-14(12-19)11-18-17(2,3)4/h6-7,10,14,18H,8-9,11-12H2,1-5H3. The van der Waals surface area contributed by atoms with E-state index in [2.05, 4.69) is 56.1 Å². The Morgan fingerprint density at radius 3 is 2.70 bits per heavy atom. The van der Waals surface area contributed by atoms with E-state index >= 15 is 0 Å². The van der Waals surface area contributed by atoms with E-state index in [9.17, 15) is 0 Å². The lowest BCUT2D eigenvalue weighted by atomic mass is 10.1. The molecule has 112 valence electrons. The predicted molar refractivity (Wildman–Crippen MR) is 85.8 cm³/mol. The Bertz CT molecular complexity index is 451. The van der Waals surface area contributed by atoms with E-state index in [1.54, 1.807) is 7.11 Å². The molecular formula is C17H28N2O. The Morgan fingerprint density at radius 2 is 2.10 bits per heavy atom. The Morgan fingerprint density at radius 1 is 1.35 bits per heavy atom. The fourth-order valence-corrected chi connectivity index (χ4v) is 2.74. The lowest BCUT2D eigenvalue weighted by molar-refractivity contribution is 0.383. The van der Waals surface area contributed by atoms with Crippen LogP contribution in [-0.4, -0.2) is 32.3 Å². The van der Waals surface area contributed by atoms with E-state index < -0.39 is 0 Å². The molecule has 1 aromatic carbocycles. The van der Waals surface area contributed by atoms with Gasteiger partial charge in [-0.15, -0.1) is 0 Å². The first-order valence-electron chi connectivity index (χ1n) is 7.53. The van der Waals surface area contributed by atoms with Gasteiger partial charge in [-0.2, -0.15) is 0 Å². The molecule has 1 fully saturated rings. The van der Waals surface area contributed by atoms with E-state index in [-0.39, 0.29) is 5.54 Å². The van der Waals surface area contributed by atoms with Crippen LogP contribution in [0.1, 0.15) is 32.8 Å². The fourth-order valence-electron chi connectivity index (χ4n) is 2.74. The molecule has 1 saturated heterocycles. The molecule has 1 aliphatic rings. The van der Waals surface area contributed by atoms with Crippen molar-refractivity contribution >= 4 is 5.69 Å². The van der Waals surface area contributed by atoms with Crippen LogP contribution < -0.4 is 15.0 Å². The predicted octanol–water partition coefficient (Wildman–Crippen LogP) is 3.22. The molecule has 0 aliphatic carbocycles. The van der Waals surface area contributed by atoms with Crippen LogP contribution in [0.2, 0.25) is 0 Å². The van der Waals surface area contributed by atoms with E-state index in [4.69, 9.17) is 4.74 Å². The number of methoxy groups -OCH3 is 1. The van der Waals surface area contributed by atoms with Gasteiger partial charge >= 0.3 is 0 Å². The summed E-state index contributed by atoms with van der Waals surface area (Å²) in [7, 11) is 1.73. The lowest BCUT2D eigenvalue weighted by Crippen LogP contribution is -2.39. The van der Waals surface area contributed by atoms with Crippen LogP contribution in [0.4, 0.5) is 5.69 Å². The number of rotatable bonds is 4. The number of nitrogens with one attached hydrogen (secondary N) is 1. The van der Waals surface area contributed by atoms with Crippen LogP contribution in [0.3, 0.4) is 0 Å². The zero-order chi connectivity index (χ0) is 14.8. The molecule has 20 heavy (non-hydrogen) atoms. The number of anilines is 1. The van der Waals surface area contributed by atoms with Crippen LogP contribution in [0, 0.1) is 12.8 Å². The summed E-state index contributed by atoms with van der Waals surface area (Å²) >= 11 is 0. The van der Waals surface area contributed by atoms with Crippen molar-refractivity contribution in [2.24, 2.45) is 5.92 Å². The molecule has 1 atom stereocenters. The van der Waals surface area contributed by atoms with Gasteiger partial charge in [0.05, 0.1) is 7.11 Å². The summed E-state index contributed by atoms with van der Waals surface area (Å²) in [5.41, 5.74) is 2.74. The molecule has 1 N–H and O–H groups in total. The monoisotopic (exact) mass is 276 g/mol. The molecule has 0 amide bonds. The first-order valence-corrected chi connectivity index (χ1v) is 7.53. The van der Waals surface area contributed by atoms with Gasteiger partial charge in [-0.25, -0.2) is 0 Å².